The van der Waals surface area contributed by atoms with Crippen LogP contribution in [0.15, 0.2) is 65.3 Å². The van der Waals surface area contributed by atoms with Crippen molar-refractivity contribution in [3.8, 4) is 0 Å². The van der Waals surface area contributed by atoms with Gasteiger partial charge in [0.2, 0.25) is 0 Å². The standard InChI is InChI=1S/C26H31IO2/c1-18(7-10-28-2)13-19-14-23-16-22(20-3-5-24(27)6-4-20)17-26(25(23)15-19)21-8-11-29-12-9-21/h3-6,14-18,21,23H,7-13H2,1-2H3. The van der Waals surface area contributed by atoms with Crippen molar-refractivity contribution >= 4 is 28.2 Å². The first-order valence-electron chi connectivity index (χ1n) is 10.8. The highest BCUT2D eigenvalue weighted by Gasteiger charge is 2.30. The topological polar surface area (TPSA) is 18.5 Å². The Morgan fingerprint density at radius 2 is 1.83 bits per heavy atom. The maximum atomic E-state index is 5.65. The van der Waals surface area contributed by atoms with E-state index in [0.717, 1.165) is 45.5 Å². The van der Waals surface area contributed by atoms with Crippen LogP contribution < -0.4 is 0 Å². The molecular weight excluding hydrogens is 471 g/mol. The highest BCUT2D eigenvalue weighted by Crippen LogP contribution is 2.44. The molecule has 29 heavy (non-hydrogen) atoms. The van der Waals surface area contributed by atoms with E-state index in [4.69, 9.17) is 9.47 Å². The van der Waals surface area contributed by atoms with Gasteiger partial charge in [0.1, 0.15) is 0 Å². The predicted octanol–water partition coefficient (Wildman–Crippen LogP) is 6.59. The molecule has 2 aliphatic carbocycles. The number of allylic oxidation sites excluding steroid dienone is 8. The van der Waals surface area contributed by atoms with Crippen molar-refractivity contribution in [2.24, 2.45) is 17.8 Å². The maximum Gasteiger partial charge on any atom is 0.0471 e. The number of halogens is 1. The summed E-state index contributed by atoms with van der Waals surface area (Å²) < 4.78 is 12.2. The molecule has 0 radical (unpaired) electrons. The lowest BCUT2D eigenvalue weighted by atomic mass is 9.77. The quantitative estimate of drug-likeness (QED) is 0.392. The molecule has 1 aromatic carbocycles. The van der Waals surface area contributed by atoms with Crippen LogP contribution in [0.5, 0.6) is 0 Å². The second kappa shape index (κ2) is 9.76. The van der Waals surface area contributed by atoms with Gasteiger partial charge in [-0.25, -0.2) is 0 Å². The van der Waals surface area contributed by atoms with Crippen LogP contribution >= 0.6 is 22.6 Å². The van der Waals surface area contributed by atoms with Crippen molar-refractivity contribution in [2.75, 3.05) is 26.9 Å². The molecule has 2 atom stereocenters. The number of methoxy groups -OCH3 is 1. The molecule has 2 nitrogen and oxygen atoms in total. The minimum Gasteiger partial charge on any atom is -0.385 e. The molecule has 3 aliphatic rings. The molecule has 1 aliphatic heterocycles. The maximum absolute atomic E-state index is 5.65. The summed E-state index contributed by atoms with van der Waals surface area (Å²) in [6.07, 6.45) is 14.4. The molecule has 0 amide bonds. The van der Waals surface area contributed by atoms with Gasteiger partial charge in [-0.15, -0.1) is 0 Å². The van der Waals surface area contributed by atoms with Crippen molar-refractivity contribution < 1.29 is 9.47 Å². The number of rotatable bonds is 7. The first kappa shape index (κ1) is 21.1. The van der Waals surface area contributed by atoms with Crippen LogP contribution in [0.2, 0.25) is 0 Å². The highest BCUT2D eigenvalue weighted by atomic mass is 127. The van der Waals surface area contributed by atoms with E-state index < -0.39 is 0 Å². The zero-order chi connectivity index (χ0) is 20.2. The van der Waals surface area contributed by atoms with Gasteiger partial charge in [-0.3, -0.25) is 0 Å². The van der Waals surface area contributed by atoms with Gasteiger partial charge in [0, 0.05) is 36.4 Å². The first-order chi connectivity index (χ1) is 14.1. The van der Waals surface area contributed by atoms with Gasteiger partial charge in [0.15, 0.2) is 0 Å². The van der Waals surface area contributed by atoms with Gasteiger partial charge in [0.05, 0.1) is 0 Å². The third-order valence-electron chi connectivity index (χ3n) is 6.33. The van der Waals surface area contributed by atoms with Crippen LogP contribution in [0, 0.1) is 21.3 Å². The van der Waals surface area contributed by atoms with Crippen LogP contribution in [0.1, 0.15) is 38.2 Å². The molecule has 0 aromatic heterocycles. The second-order valence-electron chi connectivity index (χ2n) is 8.57. The Bertz CT molecular complexity index is 838. The van der Waals surface area contributed by atoms with Gasteiger partial charge in [-0.1, -0.05) is 48.9 Å². The zero-order valence-corrected chi connectivity index (χ0v) is 19.7. The van der Waals surface area contributed by atoms with Gasteiger partial charge >= 0.3 is 0 Å². The summed E-state index contributed by atoms with van der Waals surface area (Å²) in [6, 6.07) is 8.93. The minimum atomic E-state index is 0.414. The fourth-order valence-electron chi connectivity index (χ4n) is 4.71. The van der Waals surface area contributed by atoms with E-state index in [2.05, 4.69) is 78.1 Å². The summed E-state index contributed by atoms with van der Waals surface area (Å²) in [5.74, 6) is 1.67. The molecule has 3 heteroatoms. The highest BCUT2D eigenvalue weighted by molar-refractivity contribution is 14.1. The van der Waals surface area contributed by atoms with Crippen LogP contribution in [-0.4, -0.2) is 26.9 Å². The average molecular weight is 502 g/mol. The molecule has 2 unspecified atom stereocenters. The van der Waals surface area contributed by atoms with E-state index in [0.29, 0.717) is 17.8 Å². The lowest BCUT2D eigenvalue weighted by Crippen LogP contribution is -2.21. The third kappa shape index (κ3) is 5.12. The van der Waals surface area contributed by atoms with Gasteiger partial charge in [-0.05, 0) is 94.5 Å². The van der Waals surface area contributed by atoms with Crippen LogP contribution in [0.4, 0.5) is 0 Å². The van der Waals surface area contributed by atoms with Crippen molar-refractivity contribution in [3.63, 3.8) is 0 Å². The Morgan fingerprint density at radius 3 is 2.55 bits per heavy atom. The van der Waals surface area contributed by atoms with E-state index >= 15 is 0 Å². The lowest BCUT2D eigenvalue weighted by molar-refractivity contribution is 0.0761. The van der Waals surface area contributed by atoms with Gasteiger partial charge in [-0.2, -0.15) is 0 Å². The molecule has 1 fully saturated rings. The number of benzene rings is 1. The molecule has 0 spiro atoms. The Hall–Kier alpha value is -1.17. The molecular formula is C26H31IO2. The molecule has 1 saturated heterocycles. The largest absolute Gasteiger partial charge is 0.385 e. The summed E-state index contributed by atoms with van der Waals surface area (Å²) in [6.45, 7) is 4.95. The van der Waals surface area contributed by atoms with E-state index in [9.17, 15) is 0 Å². The Kier molecular flexibility index (Phi) is 7.09. The van der Waals surface area contributed by atoms with Crippen LogP contribution in [-0.2, 0) is 9.47 Å². The molecule has 154 valence electrons. The fourth-order valence-corrected chi connectivity index (χ4v) is 5.06. The summed E-state index contributed by atoms with van der Waals surface area (Å²) in [5.41, 5.74) is 7.26. The van der Waals surface area contributed by atoms with Gasteiger partial charge in [0.25, 0.3) is 0 Å². The van der Waals surface area contributed by atoms with Crippen molar-refractivity contribution in [1.82, 2.24) is 0 Å². The molecule has 1 heterocycles. The van der Waals surface area contributed by atoms with Gasteiger partial charge < -0.3 is 9.47 Å². The Morgan fingerprint density at radius 1 is 1.07 bits per heavy atom. The number of ether oxygens (including phenoxy) is 2. The Labute approximate surface area is 188 Å². The second-order valence-corrected chi connectivity index (χ2v) is 9.82. The van der Waals surface area contributed by atoms with Crippen LogP contribution in [0.3, 0.4) is 0 Å². The summed E-state index contributed by atoms with van der Waals surface area (Å²) >= 11 is 2.38. The predicted molar refractivity (Wildman–Crippen MR) is 129 cm³/mol. The summed E-state index contributed by atoms with van der Waals surface area (Å²) in [4.78, 5) is 0. The zero-order valence-electron chi connectivity index (χ0n) is 17.5. The normalized spacial score (nSPS) is 23.1. The number of fused-ring (bicyclic) bond motifs is 1. The third-order valence-corrected chi connectivity index (χ3v) is 7.05. The molecule has 0 bridgehead atoms. The summed E-state index contributed by atoms with van der Waals surface area (Å²) in [5, 5.41) is 0. The van der Waals surface area contributed by atoms with E-state index in [1.54, 1.807) is 12.7 Å². The minimum absolute atomic E-state index is 0.414. The average Bonchev–Trinajstić information content (AvgIpc) is 3.15. The number of hydrogen-bond donors (Lipinski definition) is 0. The Balaban J connectivity index is 1.62. The van der Waals surface area contributed by atoms with E-state index in [-0.39, 0.29) is 0 Å². The smallest absolute Gasteiger partial charge is 0.0471 e. The van der Waals surface area contributed by atoms with Crippen LogP contribution in [0.25, 0.3) is 5.57 Å². The fraction of sp³-hybridized carbons (Fsp3) is 0.462. The number of hydrogen-bond acceptors (Lipinski definition) is 2. The summed E-state index contributed by atoms with van der Waals surface area (Å²) in [7, 11) is 1.79. The first-order valence-corrected chi connectivity index (χ1v) is 11.9. The van der Waals surface area contributed by atoms with Crippen molar-refractivity contribution in [1.29, 1.82) is 0 Å². The molecule has 0 N–H and O–H groups in total. The van der Waals surface area contributed by atoms with E-state index in [1.807, 2.05) is 0 Å². The van der Waals surface area contributed by atoms with Crippen molar-refractivity contribution in [3.05, 3.63) is 74.4 Å². The van der Waals surface area contributed by atoms with E-state index in [1.165, 1.54) is 25.9 Å². The monoisotopic (exact) mass is 502 g/mol. The molecule has 0 saturated carbocycles. The molecule has 1 aromatic rings. The lowest BCUT2D eigenvalue weighted by Gasteiger charge is -2.30. The van der Waals surface area contributed by atoms with Crippen molar-refractivity contribution in [2.45, 2.75) is 32.6 Å². The SMILES string of the molecule is COCCC(C)CC1=CC2C=C(c3ccc(I)cc3)C=C(C3CCOCC3)C2=C1. The molecule has 4 rings (SSSR count).